The lowest BCUT2D eigenvalue weighted by Gasteiger charge is -2.28. The Morgan fingerprint density at radius 2 is 2.43 bits per heavy atom. The number of esters is 1. The standard InChI is InChI=1S/C10H19NO3/c1-4-13-9(12)7-11-10(3)5-6-14-8(10)2/h8,11H,4-7H2,1-3H3. The molecular weight excluding hydrogens is 182 g/mol. The molecule has 1 N–H and O–H groups in total. The van der Waals surface area contributed by atoms with E-state index in [9.17, 15) is 4.79 Å². The number of rotatable bonds is 4. The number of carbonyl (C=O) groups excluding carboxylic acids is 1. The third-order valence-electron chi connectivity index (χ3n) is 2.83. The lowest BCUT2D eigenvalue weighted by atomic mass is 9.95. The van der Waals surface area contributed by atoms with E-state index in [-0.39, 0.29) is 24.2 Å². The van der Waals surface area contributed by atoms with Crippen LogP contribution in [0.1, 0.15) is 27.2 Å². The Bertz CT molecular complexity index is 208. The summed E-state index contributed by atoms with van der Waals surface area (Å²) < 4.78 is 10.3. The molecule has 0 aromatic rings. The van der Waals surface area contributed by atoms with Crippen molar-refractivity contribution in [3.8, 4) is 0 Å². The van der Waals surface area contributed by atoms with E-state index in [2.05, 4.69) is 12.2 Å². The van der Waals surface area contributed by atoms with Crippen molar-refractivity contribution in [1.29, 1.82) is 0 Å². The van der Waals surface area contributed by atoms with Crippen LogP contribution in [0.15, 0.2) is 0 Å². The zero-order valence-electron chi connectivity index (χ0n) is 9.13. The molecule has 82 valence electrons. The third-order valence-corrected chi connectivity index (χ3v) is 2.83. The second kappa shape index (κ2) is 4.75. The molecule has 1 saturated heterocycles. The van der Waals surface area contributed by atoms with Crippen LogP contribution in [-0.2, 0) is 14.3 Å². The van der Waals surface area contributed by atoms with Gasteiger partial charge in [-0.3, -0.25) is 10.1 Å². The Hall–Kier alpha value is -0.610. The van der Waals surface area contributed by atoms with Gasteiger partial charge < -0.3 is 9.47 Å². The average molecular weight is 201 g/mol. The number of carbonyl (C=O) groups is 1. The quantitative estimate of drug-likeness (QED) is 0.680. The van der Waals surface area contributed by atoms with Crippen molar-refractivity contribution in [2.24, 2.45) is 0 Å². The summed E-state index contributed by atoms with van der Waals surface area (Å²) in [5, 5.41) is 3.19. The van der Waals surface area contributed by atoms with Gasteiger partial charge >= 0.3 is 5.97 Å². The molecule has 0 aliphatic carbocycles. The minimum atomic E-state index is -0.201. The van der Waals surface area contributed by atoms with E-state index in [1.807, 2.05) is 6.92 Å². The summed E-state index contributed by atoms with van der Waals surface area (Å²) in [6, 6.07) is 0. The van der Waals surface area contributed by atoms with Crippen LogP contribution in [0.25, 0.3) is 0 Å². The van der Waals surface area contributed by atoms with Crippen LogP contribution in [0, 0.1) is 0 Å². The van der Waals surface area contributed by atoms with Crippen molar-refractivity contribution >= 4 is 5.97 Å². The van der Waals surface area contributed by atoms with Crippen LogP contribution in [0.2, 0.25) is 0 Å². The summed E-state index contributed by atoms with van der Waals surface area (Å²) in [6.45, 7) is 7.35. The molecule has 14 heavy (non-hydrogen) atoms. The van der Waals surface area contributed by atoms with Gasteiger partial charge in [-0.05, 0) is 27.2 Å². The molecule has 4 nitrogen and oxygen atoms in total. The van der Waals surface area contributed by atoms with Gasteiger partial charge in [0.15, 0.2) is 0 Å². The molecule has 0 saturated carbocycles. The first-order valence-electron chi connectivity index (χ1n) is 5.11. The SMILES string of the molecule is CCOC(=O)CNC1(C)CCOC1C. The highest BCUT2D eigenvalue weighted by Gasteiger charge is 2.36. The Balaban J connectivity index is 2.32. The van der Waals surface area contributed by atoms with Crippen molar-refractivity contribution in [1.82, 2.24) is 5.32 Å². The smallest absolute Gasteiger partial charge is 0.319 e. The Kier molecular flexibility index (Phi) is 3.89. The number of hydrogen-bond donors (Lipinski definition) is 1. The number of nitrogens with one attached hydrogen (secondary N) is 1. The minimum absolute atomic E-state index is 0.0905. The molecule has 1 heterocycles. The second-order valence-electron chi connectivity index (χ2n) is 3.84. The molecule has 0 radical (unpaired) electrons. The van der Waals surface area contributed by atoms with Crippen LogP contribution >= 0.6 is 0 Å². The minimum Gasteiger partial charge on any atom is -0.465 e. The van der Waals surface area contributed by atoms with E-state index in [1.54, 1.807) is 6.92 Å². The van der Waals surface area contributed by atoms with Crippen LogP contribution < -0.4 is 5.32 Å². The predicted molar refractivity (Wildman–Crippen MR) is 53.1 cm³/mol. The molecule has 0 bridgehead atoms. The summed E-state index contributed by atoms with van der Waals surface area (Å²) in [6.07, 6.45) is 1.09. The molecule has 1 aliphatic heterocycles. The lowest BCUT2D eigenvalue weighted by molar-refractivity contribution is -0.142. The first kappa shape index (κ1) is 11.5. The molecule has 4 heteroatoms. The highest BCUT2D eigenvalue weighted by atomic mass is 16.5. The topological polar surface area (TPSA) is 47.6 Å². The summed E-state index contributed by atoms with van der Waals surface area (Å²) >= 11 is 0. The van der Waals surface area contributed by atoms with Crippen molar-refractivity contribution in [2.75, 3.05) is 19.8 Å². The fourth-order valence-corrected chi connectivity index (χ4v) is 1.55. The second-order valence-corrected chi connectivity index (χ2v) is 3.84. The Morgan fingerprint density at radius 1 is 1.71 bits per heavy atom. The summed E-state index contributed by atoms with van der Waals surface area (Å²) in [5.41, 5.74) is -0.0905. The van der Waals surface area contributed by atoms with Gasteiger partial charge in [-0.2, -0.15) is 0 Å². The van der Waals surface area contributed by atoms with Gasteiger partial charge in [0.1, 0.15) is 0 Å². The molecule has 2 unspecified atom stereocenters. The fraction of sp³-hybridized carbons (Fsp3) is 0.900. The highest BCUT2D eigenvalue weighted by molar-refractivity contribution is 5.71. The van der Waals surface area contributed by atoms with Gasteiger partial charge in [0.05, 0.1) is 19.3 Å². The number of hydrogen-bond acceptors (Lipinski definition) is 4. The van der Waals surface area contributed by atoms with E-state index in [0.717, 1.165) is 13.0 Å². The normalized spacial score (nSPS) is 31.8. The van der Waals surface area contributed by atoms with Crippen molar-refractivity contribution in [2.45, 2.75) is 38.8 Å². The Morgan fingerprint density at radius 3 is 2.93 bits per heavy atom. The van der Waals surface area contributed by atoms with Gasteiger partial charge in [0.25, 0.3) is 0 Å². The Labute approximate surface area is 85.0 Å². The molecule has 0 amide bonds. The zero-order chi connectivity index (χ0) is 10.6. The highest BCUT2D eigenvalue weighted by Crippen LogP contribution is 2.24. The van der Waals surface area contributed by atoms with Gasteiger partial charge in [0.2, 0.25) is 0 Å². The van der Waals surface area contributed by atoms with Gasteiger partial charge in [-0.1, -0.05) is 0 Å². The van der Waals surface area contributed by atoms with E-state index in [0.29, 0.717) is 6.61 Å². The number of ether oxygens (including phenoxy) is 2. The van der Waals surface area contributed by atoms with Crippen LogP contribution in [0.4, 0.5) is 0 Å². The summed E-state index contributed by atoms with van der Waals surface area (Å²) in [5.74, 6) is -0.201. The monoisotopic (exact) mass is 201 g/mol. The van der Waals surface area contributed by atoms with Gasteiger partial charge in [-0.25, -0.2) is 0 Å². The van der Waals surface area contributed by atoms with Crippen LogP contribution in [0.5, 0.6) is 0 Å². The molecule has 0 spiro atoms. The van der Waals surface area contributed by atoms with E-state index < -0.39 is 0 Å². The maximum atomic E-state index is 11.1. The average Bonchev–Trinajstić information content (AvgIpc) is 2.46. The molecule has 1 rings (SSSR count). The fourth-order valence-electron chi connectivity index (χ4n) is 1.55. The van der Waals surface area contributed by atoms with E-state index >= 15 is 0 Å². The lowest BCUT2D eigenvalue weighted by Crippen LogP contribution is -2.49. The van der Waals surface area contributed by atoms with E-state index in [4.69, 9.17) is 9.47 Å². The molecule has 1 aliphatic rings. The summed E-state index contributed by atoms with van der Waals surface area (Å²) in [4.78, 5) is 11.1. The van der Waals surface area contributed by atoms with E-state index in [1.165, 1.54) is 0 Å². The molecule has 0 aromatic carbocycles. The molecular formula is C10H19NO3. The first-order chi connectivity index (χ1) is 6.58. The molecule has 0 aromatic heterocycles. The molecule has 2 atom stereocenters. The largest absolute Gasteiger partial charge is 0.465 e. The van der Waals surface area contributed by atoms with Crippen molar-refractivity contribution in [3.05, 3.63) is 0 Å². The first-order valence-corrected chi connectivity index (χ1v) is 5.11. The van der Waals surface area contributed by atoms with Crippen LogP contribution in [-0.4, -0.2) is 37.4 Å². The third kappa shape index (κ3) is 2.69. The maximum absolute atomic E-state index is 11.1. The van der Waals surface area contributed by atoms with Crippen molar-refractivity contribution in [3.63, 3.8) is 0 Å². The summed E-state index contributed by atoms with van der Waals surface area (Å²) in [7, 11) is 0. The van der Waals surface area contributed by atoms with Crippen LogP contribution in [0.3, 0.4) is 0 Å². The zero-order valence-corrected chi connectivity index (χ0v) is 9.13. The van der Waals surface area contributed by atoms with Gasteiger partial charge in [0, 0.05) is 12.1 Å². The van der Waals surface area contributed by atoms with Crippen molar-refractivity contribution < 1.29 is 14.3 Å². The molecule has 1 fully saturated rings. The maximum Gasteiger partial charge on any atom is 0.319 e. The predicted octanol–water partition coefficient (Wildman–Crippen LogP) is 0.707. The van der Waals surface area contributed by atoms with Gasteiger partial charge in [-0.15, -0.1) is 0 Å².